The minimum absolute atomic E-state index is 0.114. The van der Waals surface area contributed by atoms with E-state index in [1.54, 1.807) is 6.07 Å². The maximum atomic E-state index is 13.6. The van der Waals surface area contributed by atoms with Crippen molar-refractivity contribution in [2.24, 2.45) is 0 Å². The van der Waals surface area contributed by atoms with Crippen LogP contribution in [-0.2, 0) is 19.5 Å². The zero-order valence-corrected chi connectivity index (χ0v) is 17.7. The zero-order chi connectivity index (χ0) is 21.4. The summed E-state index contributed by atoms with van der Waals surface area (Å²) in [7, 11) is 0. The molecule has 1 amide bonds. The molecule has 0 fully saturated rings. The van der Waals surface area contributed by atoms with Gasteiger partial charge in [-0.1, -0.05) is 56.2 Å². The fraction of sp³-hybridized carbons (Fsp3) is 0.320. The van der Waals surface area contributed by atoms with Crippen LogP contribution in [0.2, 0.25) is 0 Å². The van der Waals surface area contributed by atoms with E-state index in [-0.39, 0.29) is 11.5 Å². The van der Waals surface area contributed by atoms with Gasteiger partial charge in [0.15, 0.2) is 5.69 Å². The third kappa shape index (κ3) is 3.42. The van der Waals surface area contributed by atoms with Crippen LogP contribution in [0.1, 0.15) is 47.9 Å². The third-order valence-electron chi connectivity index (χ3n) is 6.21. The molecule has 158 valence electrons. The lowest BCUT2D eigenvalue weighted by Gasteiger charge is -2.27. The van der Waals surface area contributed by atoms with E-state index >= 15 is 0 Å². The third-order valence-corrected chi connectivity index (χ3v) is 6.21. The molecule has 2 aromatic heterocycles. The molecule has 1 aliphatic heterocycles. The van der Waals surface area contributed by atoms with E-state index in [2.05, 4.69) is 29.1 Å². The maximum Gasteiger partial charge on any atom is 0.275 e. The highest BCUT2D eigenvalue weighted by molar-refractivity contribution is 6.05. The van der Waals surface area contributed by atoms with Crippen molar-refractivity contribution >= 4 is 27.6 Å². The summed E-state index contributed by atoms with van der Waals surface area (Å²) in [5.41, 5.74) is 3.73. The molecule has 0 unspecified atom stereocenters. The summed E-state index contributed by atoms with van der Waals surface area (Å²) < 4.78 is 1.48. The van der Waals surface area contributed by atoms with Crippen LogP contribution in [0.3, 0.4) is 0 Å². The van der Waals surface area contributed by atoms with Crippen molar-refractivity contribution in [1.82, 2.24) is 19.7 Å². The minimum atomic E-state index is -0.124. The predicted octanol–water partition coefficient (Wildman–Crippen LogP) is 4.27. The van der Waals surface area contributed by atoms with E-state index in [1.807, 2.05) is 35.2 Å². The Bertz CT molecular complexity index is 1330. The average Bonchev–Trinajstić information content (AvgIpc) is 3.18. The first-order valence-electron chi connectivity index (χ1n) is 11.0. The number of fused-ring (bicyclic) bond motifs is 4. The van der Waals surface area contributed by atoms with Crippen molar-refractivity contribution in [2.45, 2.75) is 45.7 Å². The van der Waals surface area contributed by atoms with Gasteiger partial charge < -0.3 is 9.88 Å². The summed E-state index contributed by atoms with van der Waals surface area (Å²) in [5.74, 6) is -0.114. The predicted molar refractivity (Wildman–Crippen MR) is 122 cm³/mol. The number of carbonyl (C=O) groups excluding carboxylic acids is 1. The van der Waals surface area contributed by atoms with Crippen molar-refractivity contribution in [3.8, 4) is 0 Å². The molecule has 0 saturated heterocycles. The minimum Gasteiger partial charge on any atom is -0.358 e. The molecule has 6 heteroatoms. The Labute approximate surface area is 180 Å². The summed E-state index contributed by atoms with van der Waals surface area (Å²) in [5, 5.41) is 6.91. The number of nitrogens with one attached hydrogen (secondary N) is 1. The Kier molecular flexibility index (Phi) is 5.06. The van der Waals surface area contributed by atoms with E-state index in [4.69, 9.17) is 0 Å². The van der Waals surface area contributed by atoms with Crippen LogP contribution >= 0.6 is 0 Å². The lowest BCUT2D eigenvalue weighted by atomic mass is 10.0. The Hall–Kier alpha value is -3.41. The second-order valence-electron chi connectivity index (χ2n) is 8.23. The Balaban J connectivity index is 1.53. The molecule has 31 heavy (non-hydrogen) atoms. The summed E-state index contributed by atoms with van der Waals surface area (Å²) in [6, 6.07) is 15.5. The molecular weight excluding hydrogens is 388 g/mol. The molecule has 2 aromatic carbocycles. The van der Waals surface area contributed by atoms with Gasteiger partial charge in [-0.05, 0) is 18.6 Å². The smallest absolute Gasteiger partial charge is 0.275 e. The van der Waals surface area contributed by atoms with Crippen LogP contribution in [0.15, 0.2) is 53.3 Å². The highest BCUT2D eigenvalue weighted by Gasteiger charge is 2.27. The lowest BCUT2D eigenvalue weighted by Crippen LogP contribution is -2.38. The SMILES string of the molecule is CCCCCn1nc(C(=O)N2CCc3[nH]c4ccccc4c3C2)c2ccccc2c1=O. The van der Waals surface area contributed by atoms with Crippen molar-refractivity contribution in [2.75, 3.05) is 6.54 Å². The van der Waals surface area contributed by atoms with E-state index in [0.29, 0.717) is 36.1 Å². The highest BCUT2D eigenvalue weighted by atomic mass is 16.2. The van der Waals surface area contributed by atoms with Crippen molar-refractivity contribution < 1.29 is 4.79 Å². The molecule has 6 nitrogen and oxygen atoms in total. The molecule has 0 saturated carbocycles. The van der Waals surface area contributed by atoms with Gasteiger partial charge in [-0.25, -0.2) is 4.68 Å². The first kappa shape index (κ1) is 19.5. The number of benzene rings is 2. The quantitative estimate of drug-likeness (QED) is 0.496. The summed E-state index contributed by atoms with van der Waals surface area (Å²) >= 11 is 0. The highest BCUT2D eigenvalue weighted by Crippen LogP contribution is 2.28. The van der Waals surface area contributed by atoms with Gasteiger partial charge >= 0.3 is 0 Å². The first-order valence-corrected chi connectivity index (χ1v) is 11.0. The molecule has 3 heterocycles. The molecular formula is C25H26N4O2. The Morgan fingerprint density at radius 1 is 1.03 bits per heavy atom. The van der Waals surface area contributed by atoms with Gasteiger partial charge in [0.2, 0.25) is 0 Å². The second-order valence-corrected chi connectivity index (χ2v) is 8.23. The van der Waals surface area contributed by atoms with Crippen LogP contribution < -0.4 is 5.56 Å². The number of carbonyl (C=O) groups is 1. The molecule has 0 bridgehead atoms. The molecule has 5 rings (SSSR count). The Morgan fingerprint density at radius 2 is 1.77 bits per heavy atom. The molecule has 0 atom stereocenters. The van der Waals surface area contributed by atoms with Crippen LogP contribution in [0.25, 0.3) is 21.7 Å². The molecule has 0 spiro atoms. The van der Waals surface area contributed by atoms with Gasteiger partial charge in [-0.2, -0.15) is 5.10 Å². The maximum absolute atomic E-state index is 13.6. The van der Waals surface area contributed by atoms with Crippen molar-refractivity contribution in [3.63, 3.8) is 0 Å². The van der Waals surface area contributed by atoms with Gasteiger partial charge in [0.05, 0.1) is 5.39 Å². The second kappa shape index (κ2) is 8.02. The number of H-pyrrole nitrogens is 1. The van der Waals surface area contributed by atoms with Crippen LogP contribution in [0, 0.1) is 0 Å². The number of aromatic amines is 1. The number of para-hydroxylation sites is 1. The van der Waals surface area contributed by atoms with Crippen LogP contribution in [0.5, 0.6) is 0 Å². The number of nitrogens with zero attached hydrogens (tertiary/aromatic N) is 3. The van der Waals surface area contributed by atoms with Gasteiger partial charge in [0, 0.05) is 53.6 Å². The lowest BCUT2D eigenvalue weighted by molar-refractivity contribution is 0.0728. The fourth-order valence-corrected chi connectivity index (χ4v) is 4.55. The largest absolute Gasteiger partial charge is 0.358 e. The van der Waals surface area contributed by atoms with Gasteiger partial charge in [-0.15, -0.1) is 0 Å². The van der Waals surface area contributed by atoms with Crippen molar-refractivity contribution in [3.05, 3.63) is 75.8 Å². The van der Waals surface area contributed by atoms with Gasteiger partial charge in [0.25, 0.3) is 11.5 Å². The average molecular weight is 415 g/mol. The van der Waals surface area contributed by atoms with E-state index in [1.165, 1.54) is 15.9 Å². The Morgan fingerprint density at radius 3 is 2.58 bits per heavy atom. The number of unbranched alkanes of at least 4 members (excludes halogenated alkanes) is 2. The molecule has 1 N–H and O–H groups in total. The number of hydrogen-bond acceptors (Lipinski definition) is 3. The topological polar surface area (TPSA) is 71.0 Å². The fourth-order valence-electron chi connectivity index (χ4n) is 4.55. The summed E-state index contributed by atoms with van der Waals surface area (Å²) in [4.78, 5) is 31.9. The van der Waals surface area contributed by atoms with Crippen LogP contribution in [0.4, 0.5) is 0 Å². The monoisotopic (exact) mass is 414 g/mol. The first-order chi connectivity index (χ1) is 15.2. The normalized spacial score (nSPS) is 13.6. The van der Waals surface area contributed by atoms with Gasteiger partial charge in [-0.3, -0.25) is 9.59 Å². The zero-order valence-electron chi connectivity index (χ0n) is 17.7. The van der Waals surface area contributed by atoms with E-state index in [0.717, 1.165) is 36.6 Å². The molecule has 1 aliphatic rings. The number of hydrogen-bond donors (Lipinski definition) is 1. The molecule has 0 radical (unpaired) electrons. The molecule has 4 aromatic rings. The van der Waals surface area contributed by atoms with Crippen LogP contribution in [-0.4, -0.2) is 32.1 Å². The van der Waals surface area contributed by atoms with E-state index < -0.39 is 0 Å². The number of aryl methyl sites for hydroxylation is 1. The standard InChI is InChI=1S/C25H26N4O2/c1-2-3-8-14-29-24(30)19-11-5-4-10-18(19)23(27-29)25(31)28-15-13-22-20(16-28)17-9-6-7-12-21(17)26-22/h4-7,9-12,26H,2-3,8,13-16H2,1H3. The number of rotatable bonds is 5. The molecule has 0 aliphatic carbocycles. The van der Waals surface area contributed by atoms with Gasteiger partial charge in [0.1, 0.15) is 0 Å². The summed E-state index contributed by atoms with van der Waals surface area (Å²) in [6.45, 7) is 3.83. The van der Waals surface area contributed by atoms with Crippen molar-refractivity contribution in [1.29, 1.82) is 0 Å². The number of amides is 1. The number of aromatic nitrogens is 3. The van der Waals surface area contributed by atoms with E-state index in [9.17, 15) is 9.59 Å². The summed E-state index contributed by atoms with van der Waals surface area (Å²) in [6.07, 6.45) is 3.75.